The number of carbonyl (C=O) groups is 1. The average Bonchev–Trinajstić information content (AvgIpc) is 2.47. The molecule has 2 rings (SSSR count). The maximum atomic E-state index is 12.7. The van der Waals surface area contributed by atoms with E-state index >= 15 is 0 Å². The first-order chi connectivity index (χ1) is 9.86. The highest BCUT2D eigenvalue weighted by atomic mass is 32.2. The van der Waals surface area contributed by atoms with E-state index in [2.05, 4.69) is 6.92 Å². The first-order valence-electron chi connectivity index (χ1n) is 7.20. The summed E-state index contributed by atoms with van der Waals surface area (Å²) >= 11 is 0. The van der Waals surface area contributed by atoms with Gasteiger partial charge in [0.05, 0.1) is 10.5 Å². The van der Waals surface area contributed by atoms with E-state index in [-0.39, 0.29) is 10.5 Å². The number of carboxylic acids is 1. The van der Waals surface area contributed by atoms with Gasteiger partial charge in [-0.25, -0.2) is 13.2 Å². The largest absolute Gasteiger partial charge is 0.478 e. The van der Waals surface area contributed by atoms with Crippen LogP contribution in [0.5, 0.6) is 0 Å². The van der Waals surface area contributed by atoms with E-state index in [9.17, 15) is 13.2 Å². The molecule has 1 fully saturated rings. The lowest BCUT2D eigenvalue weighted by Crippen LogP contribution is -2.39. The second kappa shape index (κ2) is 6.15. The minimum absolute atomic E-state index is 0.0418. The molecule has 1 heterocycles. The van der Waals surface area contributed by atoms with Gasteiger partial charge in [-0.15, -0.1) is 0 Å². The number of piperidine rings is 1. The zero-order valence-electron chi connectivity index (χ0n) is 12.4. The predicted molar refractivity (Wildman–Crippen MR) is 79.9 cm³/mol. The summed E-state index contributed by atoms with van der Waals surface area (Å²) in [6.45, 7) is 4.76. The van der Waals surface area contributed by atoms with E-state index in [0.29, 0.717) is 24.6 Å². The molecule has 0 radical (unpaired) electrons. The molecule has 1 aromatic rings. The Hall–Kier alpha value is -1.40. The van der Waals surface area contributed by atoms with Crippen molar-refractivity contribution in [2.24, 2.45) is 5.92 Å². The van der Waals surface area contributed by atoms with Gasteiger partial charge in [0.1, 0.15) is 0 Å². The number of benzene rings is 1. The van der Waals surface area contributed by atoms with Gasteiger partial charge in [-0.1, -0.05) is 19.4 Å². The predicted octanol–water partition coefficient (Wildman–Crippen LogP) is 2.50. The summed E-state index contributed by atoms with van der Waals surface area (Å²) in [7, 11) is -3.61. The van der Waals surface area contributed by atoms with Crippen molar-refractivity contribution in [1.82, 2.24) is 4.31 Å². The number of aryl methyl sites for hydroxylation is 1. The molecule has 1 aromatic carbocycles. The molecule has 1 N–H and O–H groups in total. The van der Waals surface area contributed by atoms with Crippen LogP contribution in [0.25, 0.3) is 0 Å². The molecular formula is C15H21NO4S. The molecule has 21 heavy (non-hydrogen) atoms. The van der Waals surface area contributed by atoms with Crippen LogP contribution in [0.1, 0.15) is 42.1 Å². The number of sulfonamides is 1. The molecule has 1 saturated heterocycles. The molecule has 1 aliphatic rings. The Kier molecular flexibility index (Phi) is 4.68. The lowest BCUT2D eigenvalue weighted by atomic mass is 9.97. The molecule has 0 aliphatic carbocycles. The number of hydrogen-bond acceptors (Lipinski definition) is 3. The summed E-state index contributed by atoms with van der Waals surface area (Å²) in [4.78, 5) is 11.2. The Labute approximate surface area is 125 Å². The fourth-order valence-corrected chi connectivity index (χ4v) is 4.30. The lowest BCUT2D eigenvalue weighted by Gasteiger charge is -2.31. The van der Waals surface area contributed by atoms with E-state index in [1.165, 1.54) is 16.4 Å². The number of hydrogen-bond donors (Lipinski definition) is 1. The maximum absolute atomic E-state index is 12.7. The lowest BCUT2D eigenvalue weighted by molar-refractivity contribution is 0.0696. The van der Waals surface area contributed by atoms with E-state index < -0.39 is 16.0 Å². The summed E-state index contributed by atoms with van der Waals surface area (Å²) < 4.78 is 26.8. The van der Waals surface area contributed by atoms with Crippen LogP contribution in [-0.2, 0) is 10.0 Å². The minimum Gasteiger partial charge on any atom is -0.478 e. The SMILES string of the molecule is CCC1CCCN(S(=O)(=O)c2ccc(C)c(C(=O)O)c2)C1. The number of aromatic carboxylic acids is 1. The van der Waals surface area contributed by atoms with Crippen LogP contribution in [0, 0.1) is 12.8 Å². The van der Waals surface area contributed by atoms with E-state index in [4.69, 9.17) is 5.11 Å². The van der Waals surface area contributed by atoms with Gasteiger partial charge in [-0.05, 0) is 43.4 Å². The molecular weight excluding hydrogens is 290 g/mol. The highest BCUT2D eigenvalue weighted by Crippen LogP contribution is 2.26. The second-order valence-electron chi connectivity index (χ2n) is 5.56. The molecule has 0 amide bonds. The third-order valence-corrected chi connectivity index (χ3v) is 6.00. The van der Waals surface area contributed by atoms with Crippen molar-refractivity contribution < 1.29 is 18.3 Å². The van der Waals surface area contributed by atoms with Crippen LogP contribution in [0.3, 0.4) is 0 Å². The van der Waals surface area contributed by atoms with Gasteiger partial charge in [0.25, 0.3) is 0 Å². The Morgan fingerprint density at radius 1 is 1.43 bits per heavy atom. The Morgan fingerprint density at radius 2 is 2.14 bits per heavy atom. The minimum atomic E-state index is -3.61. The smallest absolute Gasteiger partial charge is 0.335 e. The van der Waals surface area contributed by atoms with Gasteiger partial charge in [0, 0.05) is 13.1 Å². The van der Waals surface area contributed by atoms with Crippen LogP contribution in [-0.4, -0.2) is 36.9 Å². The van der Waals surface area contributed by atoms with Crippen molar-refractivity contribution in [2.45, 2.75) is 38.0 Å². The standard InChI is InChI=1S/C15H21NO4S/c1-3-12-5-4-8-16(10-12)21(19,20)13-7-6-11(2)14(9-13)15(17)18/h6-7,9,12H,3-5,8,10H2,1-2H3,(H,17,18). The van der Waals surface area contributed by atoms with Crippen LogP contribution >= 0.6 is 0 Å². The van der Waals surface area contributed by atoms with Crippen molar-refractivity contribution in [3.63, 3.8) is 0 Å². The second-order valence-corrected chi connectivity index (χ2v) is 7.50. The fourth-order valence-electron chi connectivity index (χ4n) is 2.72. The van der Waals surface area contributed by atoms with E-state index in [1.54, 1.807) is 13.0 Å². The molecule has 5 nitrogen and oxygen atoms in total. The third-order valence-electron chi connectivity index (χ3n) is 4.14. The molecule has 0 spiro atoms. The summed E-state index contributed by atoms with van der Waals surface area (Å²) in [5.74, 6) is -0.715. The topological polar surface area (TPSA) is 74.7 Å². The highest BCUT2D eigenvalue weighted by Gasteiger charge is 2.30. The fraction of sp³-hybridized carbons (Fsp3) is 0.533. The van der Waals surface area contributed by atoms with Gasteiger partial charge >= 0.3 is 5.97 Å². The molecule has 0 aromatic heterocycles. The molecule has 0 bridgehead atoms. The van der Waals surface area contributed by atoms with Crippen molar-refractivity contribution in [1.29, 1.82) is 0 Å². The van der Waals surface area contributed by atoms with Crippen molar-refractivity contribution in [3.8, 4) is 0 Å². The molecule has 116 valence electrons. The van der Waals surface area contributed by atoms with Crippen molar-refractivity contribution >= 4 is 16.0 Å². The van der Waals surface area contributed by atoms with Crippen LogP contribution in [0.4, 0.5) is 0 Å². The van der Waals surface area contributed by atoms with E-state index in [1.807, 2.05) is 0 Å². The normalized spacial score (nSPS) is 20.4. The first kappa shape index (κ1) is 16.0. The van der Waals surface area contributed by atoms with Crippen molar-refractivity contribution in [2.75, 3.05) is 13.1 Å². The van der Waals surface area contributed by atoms with Crippen LogP contribution in [0.2, 0.25) is 0 Å². The van der Waals surface area contributed by atoms with Gasteiger partial charge in [-0.2, -0.15) is 4.31 Å². The van der Waals surface area contributed by atoms with E-state index in [0.717, 1.165) is 19.3 Å². The van der Waals surface area contributed by atoms with Gasteiger partial charge < -0.3 is 5.11 Å². The molecule has 1 aliphatic heterocycles. The van der Waals surface area contributed by atoms with Crippen LogP contribution in [0.15, 0.2) is 23.1 Å². The zero-order chi connectivity index (χ0) is 15.6. The monoisotopic (exact) mass is 311 g/mol. The Morgan fingerprint density at radius 3 is 2.76 bits per heavy atom. The van der Waals surface area contributed by atoms with Gasteiger partial charge in [0.15, 0.2) is 0 Å². The highest BCUT2D eigenvalue weighted by molar-refractivity contribution is 7.89. The number of carboxylic acid groups (broad SMARTS) is 1. The quantitative estimate of drug-likeness (QED) is 0.927. The average molecular weight is 311 g/mol. The summed E-state index contributed by atoms with van der Waals surface area (Å²) in [5, 5.41) is 9.14. The summed E-state index contributed by atoms with van der Waals surface area (Å²) in [6, 6.07) is 4.31. The Balaban J connectivity index is 2.35. The maximum Gasteiger partial charge on any atom is 0.335 e. The molecule has 1 unspecified atom stereocenters. The Bertz CT molecular complexity index is 639. The van der Waals surface area contributed by atoms with Gasteiger partial charge in [-0.3, -0.25) is 0 Å². The number of rotatable bonds is 4. The molecule has 6 heteroatoms. The summed E-state index contributed by atoms with van der Waals surface area (Å²) in [5.41, 5.74) is 0.603. The van der Waals surface area contributed by atoms with Crippen LogP contribution < -0.4 is 0 Å². The zero-order valence-corrected chi connectivity index (χ0v) is 13.2. The number of nitrogens with zero attached hydrogens (tertiary/aromatic N) is 1. The third kappa shape index (κ3) is 3.27. The molecule has 1 atom stereocenters. The van der Waals surface area contributed by atoms with Gasteiger partial charge in [0.2, 0.25) is 10.0 Å². The first-order valence-corrected chi connectivity index (χ1v) is 8.64. The molecule has 0 saturated carbocycles. The van der Waals surface area contributed by atoms with Crippen molar-refractivity contribution in [3.05, 3.63) is 29.3 Å². The summed E-state index contributed by atoms with van der Waals surface area (Å²) in [6.07, 6.45) is 2.87.